The molecule has 3 amide bonds. The highest BCUT2D eigenvalue weighted by Gasteiger charge is 2.16. The molecule has 0 atom stereocenters. The molecule has 1 aromatic rings. The zero-order valence-electron chi connectivity index (χ0n) is 14.2. The Hall–Kier alpha value is -1.99. The number of alkyl carbamates (subject to hydrolysis) is 1. The van der Waals surface area contributed by atoms with Crippen molar-refractivity contribution in [1.82, 2.24) is 16.0 Å². The second-order valence-electron chi connectivity index (χ2n) is 6.09. The van der Waals surface area contributed by atoms with E-state index in [1.54, 1.807) is 26.8 Å². The molecule has 25 heavy (non-hydrogen) atoms. The fourth-order valence-electron chi connectivity index (χ4n) is 1.68. The highest BCUT2D eigenvalue weighted by molar-refractivity contribution is 6.36. The van der Waals surface area contributed by atoms with E-state index in [-0.39, 0.29) is 30.6 Å². The number of amides is 3. The van der Waals surface area contributed by atoms with Gasteiger partial charge in [0.05, 0.1) is 17.1 Å². The van der Waals surface area contributed by atoms with Gasteiger partial charge in [0.25, 0.3) is 5.91 Å². The number of hydrogen-bond acceptors (Lipinski definition) is 4. The zero-order chi connectivity index (χ0) is 19.0. The van der Waals surface area contributed by atoms with Crippen LogP contribution in [0, 0.1) is 0 Å². The molecule has 1 aromatic carbocycles. The van der Waals surface area contributed by atoms with Gasteiger partial charge in [0.15, 0.2) is 0 Å². The molecule has 9 heteroatoms. The Bertz CT molecular complexity index is 645. The lowest BCUT2D eigenvalue weighted by atomic mass is 10.2. The van der Waals surface area contributed by atoms with E-state index in [1.165, 1.54) is 12.1 Å². The standard InChI is InChI=1S/C16H21Cl2N3O4/c1-16(2,3)25-15(24)21-9-13(22)19-6-7-20-14(23)11-5-4-10(17)8-12(11)18/h4-5,8H,6-7,9H2,1-3H3,(H,19,22)(H,20,23)(H,21,24). The molecule has 0 spiro atoms. The first-order valence-electron chi connectivity index (χ1n) is 7.55. The third-order valence-corrected chi connectivity index (χ3v) is 3.25. The summed E-state index contributed by atoms with van der Waals surface area (Å²) in [6.07, 6.45) is -0.673. The predicted octanol–water partition coefficient (Wildman–Crippen LogP) is 2.36. The van der Waals surface area contributed by atoms with Gasteiger partial charge in [0.2, 0.25) is 5.91 Å². The minimum absolute atomic E-state index is 0.200. The van der Waals surface area contributed by atoms with Gasteiger partial charge in [-0.15, -0.1) is 0 Å². The molecule has 0 bridgehead atoms. The van der Waals surface area contributed by atoms with Gasteiger partial charge in [-0.3, -0.25) is 9.59 Å². The van der Waals surface area contributed by atoms with Crippen LogP contribution >= 0.6 is 23.2 Å². The molecule has 0 aliphatic carbocycles. The first-order valence-corrected chi connectivity index (χ1v) is 8.31. The zero-order valence-corrected chi connectivity index (χ0v) is 15.8. The Morgan fingerprint density at radius 3 is 2.28 bits per heavy atom. The summed E-state index contributed by atoms with van der Waals surface area (Å²) >= 11 is 11.7. The molecule has 3 N–H and O–H groups in total. The van der Waals surface area contributed by atoms with Crippen LogP contribution < -0.4 is 16.0 Å². The number of rotatable bonds is 6. The number of hydrogen-bond donors (Lipinski definition) is 3. The molecule has 0 aliphatic heterocycles. The molecule has 0 saturated heterocycles. The number of carbonyl (C=O) groups excluding carboxylic acids is 3. The largest absolute Gasteiger partial charge is 0.444 e. The maximum absolute atomic E-state index is 11.9. The van der Waals surface area contributed by atoms with E-state index in [0.717, 1.165) is 0 Å². The fraction of sp³-hybridized carbons (Fsp3) is 0.438. The minimum Gasteiger partial charge on any atom is -0.444 e. The summed E-state index contributed by atoms with van der Waals surface area (Å²) in [6, 6.07) is 4.55. The topological polar surface area (TPSA) is 96.5 Å². The van der Waals surface area contributed by atoms with Gasteiger partial charge in [-0.2, -0.15) is 0 Å². The van der Waals surface area contributed by atoms with Crippen LogP contribution in [0.2, 0.25) is 10.0 Å². The molecular weight excluding hydrogens is 369 g/mol. The lowest BCUT2D eigenvalue weighted by Crippen LogP contribution is -2.42. The molecule has 7 nitrogen and oxygen atoms in total. The summed E-state index contributed by atoms with van der Waals surface area (Å²) in [5, 5.41) is 8.19. The van der Waals surface area contributed by atoms with Crippen molar-refractivity contribution in [3.05, 3.63) is 33.8 Å². The van der Waals surface area contributed by atoms with E-state index in [2.05, 4.69) is 16.0 Å². The van der Waals surface area contributed by atoms with Crippen LogP contribution in [0.1, 0.15) is 31.1 Å². The first kappa shape index (κ1) is 21.1. The summed E-state index contributed by atoms with van der Waals surface area (Å²) < 4.78 is 5.00. The average Bonchev–Trinajstić information content (AvgIpc) is 2.47. The van der Waals surface area contributed by atoms with Crippen LogP contribution in [0.15, 0.2) is 18.2 Å². The summed E-state index contributed by atoms with van der Waals surface area (Å²) in [7, 11) is 0. The summed E-state index contributed by atoms with van der Waals surface area (Å²) in [6.45, 7) is 5.36. The summed E-state index contributed by atoms with van der Waals surface area (Å²) in [5.41, 5.74) is -0.336. The molecule has 138 valence electrons. The summed E-state index contributed by atoms with van der Waals surface area (Å²) in [4.78, 5) is 34.9. The third kappa shape index (κ3) is 8.60. The molecule has 0 radical (unpaired) electrons. The maximum atomic E-state index is 11.9. The van der Waals surface area contributed by atoms with Crippen LogP contribution in [-0.2, 0) is 9.53 Å². The molecular formula is C16H21Cl2N3O4. The van der Waals surface area contributed by atoms with Crippen molar-refractivity contribution in [1.29, 1.82) is 0 Å². The molecule has 0 aromatic heterocycles. The molecule has 0 aliphatic rings. The van der Waals surface area contributed by atoms with Crippen LogP contribution in [-0.4, -0.2) is 43.1 Å². The molecule has 0 saturated carbocycles. The van der Waals surface area contributed by atoms with Gasteiger partial charge in [-0.1, -0.05) is 23.2 Å². The van der Waals surface area contributed by atoms with Crippen LogP contribution in [0.5, 0.6) is 0 Å². The lowest BCUT2D eigenvalue weighted by Gasteiger charge is -2.19. The Balaban J connectivity index is 2.25. The van der Waals surface area contributed by atoms with Crippen molar-refractivity contribution in [3.63, 3.8) is 0 Å². The number of halogens is 2. The van der Waals surface area contributed by atoms with Crippen molar-refractivity contribution in [2.45, 2.75) is 26.4 Å². The van der Waals surface area contributed by atoms with E-state index in [1.807, 2.05) is 0 Å². The number of benzene rings is 1. The van der Waals surface area contributed by atoms with Crippen molar-refractivity contribution in [2.24, 2.45) is 0 Å². The Morgan fingerprint density at radius 2 is 1.68 bits per heavy atom. The SMILES string of the molecule is CC(C)(C)OC(=O)NCC(=O)NCCNC(=O)c1ccc(Cl)cc1Cl. The lowest BCUT2D eigenvalue weighted by molar-refractivity contribution is -0.120. The van der Waals surface area contributed by atoms with Gasteiger partial charge >= 0.3 is 6.09 Å². The van der Waals surface area contributed by atoms with E-state index in [9.17, 15) is 14.4 Å². The molecule has 0 fully saturated rings. The van der Waals surface area contributed by atoms with Gasteiger partial charge in [0, 0.05) is 18.1 Å². The maximum Gasteiger partial charge on any atom is 0.408 e. The highest BCUT2D eigenvalue weighted by atomic mass is 35.5. The van der Waals surface area contributed by atoms with Crippen molar-refractivity contribution >= 4 is 41.1 Å². The highest BCUT2D eigenvalue weighted by Crippen LogP contribution is 2.20. The van der Waals surface area contributed by atoms with Crippen molar-refractivity contribution in [3.8, 4) is 0 Å². The Labute approximate surface area is 156 Å². The second kappa shape index (κ2) is 9.48. The number of carbonyl (C=O) groups is 3. The molecule has 0 heterocycles. The van der Waals surface area contributed by atoms with E-state index in [4.69, 9.17) is 27.9 Å². The minimum atomic E-state index is -0.673. The smallest absolute Gasteiger partial charge is 0.408 e. The summed E-state index contributed by atoms with van der Waals surface area (Å²) in [5.74, 6) is -0.771. The normalized spacial score (nSPS) is 10.8. The van der Waals surface area contributed by atoms with Gasteiger partial charge in [0.1, 0.15) is 5.60 Å². The molecule has 0 unspecified atom stereocenters. The average molecular weight is 390 g/mol. The second-order valence-corrected chi connectivity index (χ2v) is 6.93. The van der Waals surface area contributed by atoms with Gasteiger partial charge < -0.3 is 20.7 Å². The van der Waals surface area contributed by atoms with Crippen molar-refractivity contribution < 1.29 is 19.1 Å². The van der Waals surface area contributed by atoms with Crippen LogP contribution in [0.4, 0.5) is 4.79 Å². The third-order valence-electron chi connectivity index (χ3n) is 2.70. The van der Waals surface area contributed by atoms with E-state index < -0.39 is 17.6 Å². The van der Waals surface area contributed by atoms with Gasteiger partial charge in [-0.25, -0.2) is 4.79 Å². The number of ether oxygens (including phenoxy) is 1. The quantitative estimate of drug-likeness (QED) is 0.650. The first-order chi connectivity index (χ1) is 11.6. The van der Waals surface area contributed by atoms with E-state index >= 15 is 0 Å². The van der Waals surface area contributed by atoms with E-state index in [0.29, 0.717) is 10.6 Å². The predicted molar refractivity (Wildman–Crippen MR) is 96.0 cm³/mol. The monoisotopic (exact) mass is 389 g/mol. The fourth-order valence-corrected chi connectivity index (χ4v) is 2.17. The van der Waals surface area contributed by atoms with Crippen LogP contribution in [0.25, 0.3) is 0 Å². The Kier molecular flexibility index (Phi) is 7.99. The van der Waals surface area contributed by atoms with Crippen LogP contribution in [0.3, 0.4) is 0 Å². The molecule has 1 rings (SSSR count). The van der Waals surface area contributed by atoms with Crippen molar-refractivity contribution in [2.75, 3.05) is 19.6 Å². The number of nitrogens with one attached hydrogen (secondary N) is 3. The van der Waals surface area contributed by atoms with Gasteiger partial charge in [-0.05, 0) is 39.0 Å². The Morgan fingerprint density at radius 1 is 1.04 bits per heavy atom.